The molecular weight excluding hydrogens is 202 g/mol. The predicted molar refractivity (Wildman–Crippen MR) is 57.0 cm³/mol. The van der Waals surface area contributed by atoms with Gasteiger partial charge in [0, 0.05) is 5.69 Å². The molecule has 0 aliphatic rings. The van der Waals surface area contributed by atoms with E-state index in [-0.39, 0.29) is 11.8 Å². The molecule has 1 aromatic rings. The number of alkyl halides is 1. The summed E-state index contributed by atoms with van der Waals surface area (Å²) in [6, 6.07) is 7.14. The number of carbonyl (C=O) groups excluding carboxylic acids is 1. The maximum absolute atomic E-state index is 10.9. The summed E-state index contributed by atoms with van der Waals surface area (Å²) in [4.78, 5) is 10.9. The molecule has 0 heterocycles. The Kier molecular flexibility index (Phi) is 4.26. The summed E-state index contributed by atoms with van der Waals surface area (Å²) >= 11 is 5.35. The molecule has 0 fully saturated rings. The van der Waals surface area contributed by atoms with Gasteiger partial charge in [-0.15, -0.1) is 11.6 Å². The second kappa shape index (κ2) is 5.50. The molecule has 0 saturated carbocycles. The van der Waals surface area contributed by atoms with Crippen molar-refractivity contribution >= 4 is 23.2 Å². The Labute approximate surface area is 88.0 Å². The monoisotopic (exact) mass is 213 g/mol. The topological polar surface area (TPSA) is 38.3 Å². The Morgan fingerprint density at radius 2 is 2.07 bits per heavy atom. The number of hydrogen-bond donors (Lipinski definition) is 1. The van der Waals surface area contributed by atoms with Crippen molar-refractivity contribution in [2.24, 2.45) is 0 Å². The van der Waals surface area contributed by atoms with Crippen molar-refractivity contribution in [3.63, 3.8) is 0 Å². The van der Waals surface area contributed by atoms with E-state index in [1.807, 2.05) is 6.92 Å². The predicted octanol–water partition coefficient (Wildman–Crippen LogP) is 2.26. The maximum Gasteiger partial charge on any atom is 0.239 e. The van der Waals surface area contributed by atoms with E-state index in [0.717, 1.165) is 11.4 Å². The van der Waals surface area contributed by atoms with E-state index in [1.165, 1.54) is 0 Å². The van der Waals surface area contributed by atoms with Gasteiger partial charge in [0.05, 0.1) is 6.61 Å². The normalized spacial score (nSPS) is 9.57. The second-order valence-electron chi connectivity index (χ2n) is 2.64. The van der Waals surface area contributed by atoms with Crippen molar-refractivity contribution < 1.29 is 9.53 Å². The average Bonchev–Trinajstić information content (AvgIpc) is 2.21. The lowest BCUT2D eigenvalue weighted by atomic mass is 10.3. The van der Waals surface area contributed by atoms with Crippen molar-refractivity contribution in [2.75, 3.05) is 17.8 Å². The van der Waals surface area contributed by atoms with Crippen molar-refractivity contribution in [2.45, 2.75) is 6.92 Å². The van der Waals surface area contributed by atoms with Crippen molar-refractivity contribution in [3.8, 4) is 5.75 Å². The SMILES string of the molecule is CCOc1ccc(NC(=O)CCl)cc1. The van der Waals surface area contributed by atoms with Gasteiger partial charge >= 0.3 is 0 Å². The van der Waals surface area contributed by atoms with Gasteiger partial charge in [0.1, 0.15) is 11.6 Å². The van der Waals surface area contributed by atoms with Crippen LogP contribution in [0.25, 0.3) is 0 Å². The molecule has 0 unspecified atom stereocenters. The zero-order valence-corrected chi connectivity index (χ0v) is 8.67. The fraction of sp³-hybridized carbons (Fsp3) is 0.300. The molecule has 0 spiro atoms. The first-order chi connectivity index (χ1) is 6.76. The molecular formula is C10H12ClNO2. The number of hydrogen-bond acceptors (Lipinski definition) is 2. The number of ether oxygens (including phenoxy) is 1. The molecule has 76 valence electrons. The van der Waals surface area contributed by atoms with Crippen LogP contribution in [-0.2, 0) is 4.79 Å². The van der Waals surface area contributed by atoms with Crippen LogP contribution in [0.3, 0.4) is 0 Å². The maximum atomic E-state index is 10.9. The third kappa shape index (κ3) is 3.26. The van der Waals surface area contributed by atoms with Crippen LogP contribution >= 0.6 is 11.6 Å². The lowest BCUT2D eigenvalue weighted by Crippen LogP contribution is -2.12. The van der Waals surface area contributed by atoms with Crippen LogP contribution in [0.1, 0.15) is 6.92 Å². The first-order valence-corrected chi connectivity index (χ1v) is 4.88. The molecule has 0 bridgehead atoms. The molecule has 0 aromatic heterocycles. The van der Waals surface area contributed by atoms with Gasteiger partial charge in [0.25, 0.3) is 0 Å². The van der Waals surface area contributed by atoms with E-state index in [9.17, 15) is 4.79 Å². The highest BCUT2D eigenvalue weighted by molar-refractivity contribution is 6.29. The standard InChI is InChI=1S/C10H12ClNO2/c1-2-14-9-5-3-8(4-6-9)12-10(13)7-11/h3-6H,2,7H2,1H3,(H,12,13). The largest absolute Gasteiger partial charge is 0.494 e. The number of rotatable bonds is 4. The van der Waals surface area contributed by atoms with Gasteiger partial charge in [-0.3, -0.25) is 4.79 Å². The van der Waals surface area contributed by atoms with Crippen LogP contribution in [0.5, 0.6) is 5.75 Å². The summed E-state index contributed by atoms with van der Waals surface area (Å²) in [7, 11) is 0. The summed E-state index contributed by atoms with van der Waals surface area (Å²) < 4.78 is 5.25. The number of nitrogens with one attached hydrogen (secondary N) is 1. The van der Waals surface area contributed by atoms with Gasteiger partial charge in [-0.25, -0.2) is 0 Å². The zero-order chi connectivity index (χ0) is 10.4. The number of benzene rings is 1. The molecule has 1 N–H and O–H groups in total. The Morgan fingerprint density at radius 3 is 2.57 bits per heavy atom. The smallest absolute Gasteiger partial charge is 0.239 e. The molecule has 14 heavy (non-hydrogen) atoms. The van der Waals surface area contributed by atoms with E-state index < -0.39 is 0 Å². The number of anilines is 1. The summed E-state index contributed by atoms with van der Waals surface area (Å²) in [6.45, 7) is 2.55. The number of halogens is 1. The fourth-order valence-electron chi connectivity index (χ4n) is 0.996. The van der Waals surface area contributed by atoms with Crippen molar-refractivity contribution in [3.05, 3.63) is 24.3 Å². The van der Waals surface area contributed by atoms with Gasteiger partial charge in [-0.05, 0) is 31.2 Å². The van der Waals surface area contributed by atoms with Gasteiger partial charge in [-0.1, -0.05) is 0 Å². The lowest BCUT2D eigenvalue weighted by Gasteiger charge is -2.05. The van der Waals surface area contributed by atoms with E-state index in [0.29, 0.717) is 6.61 Å². The summed E-state index contributed by atoms with van der Waals surface area (Å²) in [5.74, 6) is 0.542. The minimum absolute atomic E-state index is 0.0345. The van der Waals surface area contributed by atoms with Crippen LogP contribution in [0.15, 0.2) is 24.3 Å². The van der Waals surface area contributed by atoms with Crippen LogP contribution in [0.4, 0.5) is 5.69 Å². The molecule has 1 rings (SSSR count). The third-order valence-electron chi connectivity index (χ3n) is 1.57. The summed E-state index contributed by atoms with van der Waals surface area (Å²) in [5.41, 5.74) is 0.721. The van der Waals surface area contributed by atoms with E-state index >= 15 is 0 Å². The Hall–Kier alpha value is -1.22. The first-order valence-electron chi connectivity index (χ1n) is 4.35. The molecule has 0 saturated heterocycles. The Morgan fingerprint density at radius 1 is 1.43 bits per heavy atom. The Balaban J connectivity index is 2.59. The first kappa shape index (κ1) is 10.9. The lowest BCUT2D eigenvalue weighted by molar-refractivity contribution is -0.113. The highest BCUT2D eigenvalue weighted by Gasteiger charge is 1.99. The number of amides is 1. The van der Waals surface area contributed by atoms with E-state index in [4.69, 9.17) is 16.3 Å². The van der Waals surface area contributed by atoms with Crippen LogP contribution in [0, 0.1) is 0 Å². The minimum atomic E-state index is -0.212. The van der Waals surface area contributed by atoms with E-state index in [2.05, 4.69) is 5.32 Å². The average molecular weight is 214 g/mol. The van der Waals surface area contributed by atoms with Crippen LogP contribution in [-0.4, -0.2) is 18.4 Å². The second-order valence-corrected chi connectivity index (χ2v) is 2.91. The zero-order valence-electron chi connectivity index (χ0n) is 7.92. The highest BCUT2D eigenvalue weighted by Crippen LogP contribution is 2.15. The van der Waals surface area contributed by atoms with Gasteiger partial charge in [-0.2, -0.15) is 0 Å². The minimum Gasteiger partial charge on any atom is -0.494 e. The molecule has 0 aliphatic heterocycles. The van der Waals surface area contributed by atoms with Crippen LogP contribution < -0.4 is 10.1 Å². The van der Waals surface area contributed by atoms with Crippen molar-refractivity contribution in [1.29, 1.82) is 0 Å². The molecule has 3 nitrogen and oxygen atoms in total. The summed E-state index contributed by atoms with van der Waals surface area (Å²) in [6.07, 6.45) is 0. The molecule has 4 heteroatoms. The van der Waals surface area contributed by atoms with Crippen LogP contribution in [0.2, 0.25) is 0 Å². The Bertz CT molecular complexity index is 297. The third-order valence-corrected chi connectivity index (χ3v) is 1.81. The fourth-order valence-corrected chi connectivity index (χ4v) is 1.06. The molecule has 1 amide bonds. The van der Waals surface area contributed by atoms with Gasteiger partial charge < -0.3 is 10.1 Å². The van der Waals surface area contributed by atoms with Gasteiger partial charge in [0.2, 0.25) is 5.91 Å². The summed E-state index contributed by atoms with van der Waals surface area (Å²) in [5, 5.41) is 2.63. The molecule has 1 aromatic carbocycles. The van der Waals surface area contributed by atoms with Gasteiger partial charge in [0.15, 0.2) is 0 Å². The van der Waals surface area contributed by atoms with Crippen molar-refractivity contribution in [1.82, 2.24) is 0 Å². The highest BCUT2D eigenvalue weighted by atomic mass is 35.5. The molecule has 0 atom stereocenters. The quantitative estimate of drug-likeness (QED) is 0.780. The number of carbonyl (C=O) groups is 1. The molecule has 0 radical (unpaired) electrons. The van der Waals surface area contributed by atoms with E-state index in [1.54, 1.807) is 24.3 Å². The molecule has 0 aliphatic carbocycles.